The second kappa shape index (κ2) is 7.01. The number of hydrogen-bond donors (Lipinski definition) is 2. The average molecular weight is 321 g/mol. The summed E-state index contributed by atoms with van der Waals surface area (Å²) >= 11 is 0. The third kappa shape index (κ3) is 3.01. The predicted octanol–water partition coefficient (Wildman–Crippen LogP) is 4.38. The van der Waals surface area contributed by atoms with Gasteiger partial charge in [0.2, 0.25) is 11.6 Å². The number of oxazole rings is 1. The zero-order chi connectivity index (χ0) is 16.9. The van der Waals surface area contributed by atoms with Crippen molar-refractivity contribution in [3.05, 3.63) is 47.6 Å². The van der Waals surface area contributed by atoms with Gasteiger partial charge in [0.1, 0.15) is 6.07 Å². The van der Waals surface area contributed by atoms with E-state index < -0.39 is 0 Å². The van der Waals surface area contributed by atoms with Gasteiger partial charge in [-0.3, -0.25) is 0 Å². The number of aromatic amines is 1. The van der Waals surface area contributed by atoms with Crippen molar-refractivity contribution in [1.29, 1.82) is 5.26 Å². The maximum atomic E-state index is 9.21. The number of hydrogen-bond acceptors (Lipinski definition) is 5. The van der Waals surface area contributed by atoms with Crippen molar-refractivity contribution < 1.29 is 4.42 Å². The molecule has 6 nitrogen and oxygen atoms in total. The lowest BCUT2D eigenvalue weighted by atomic mass is 10.0. The predicted molar refractivity (Wildman–Crippen MR) is 94.1 cm³/mol. The fourth-order valence-electron chi connectivity index (χ4n) is 2.66. The van der Waals surface area contributed by atoms with Crippen LogP contribution in [-0.4, -0.2) is 16.2 Å². The molecule has 0 aliphatic heterocycles. The number of nitriles is 1. The Hall–Kier alpha value is -3.07. The molecule has 0 unspecified atom stereocenters. The Morgan fingerprint density at radius 1 is 1.38 bits per heavy atom. The molecule has 2 N–H and O–H groups in total. The molecule has 122 valence electrons. The second-order valence-electron chi connectivity index (χ2n) is 5.51. The van der Waals surface area contributed by atoms with Gasteiger partial charge in [0.25, 0.3) is 5.88 Å². The van der Waals surface area contributed by atoms with E-state index >= 15 is 0 Å². The topological polar surface area (TPSA) is 90.0 Å². The van der Waals surface area contributed by atoms with Crippen LogP contribution in [-0.2, 0) is 0 Å². The Morgan fingerprint density at radius 2 is 2.17 bits per heavy atom. The maximum Gasteiger partial charge on any atom is 0.252 e. The first kappa shape index (κ1) is 15.8. The fraction of sp³-hybridized carbons (Fsp3) is 0.278. The SMILES string of the molecule is CCC(CC)c1nc(C#N)c(NN=Cc2c[nH]c3ccccc23)o1. The standard InChI is InChI=1S/C18H19N5O/c1-3-12(4-2)17-22-16(9-19)18(24-17)23-21-11-13-10-20-15-8-6-5-7-14(13)15/h5-8,10-12,20,23H,3-4H2,1-2H3. The lowest BCUT2D eigenvalue weighted by Crippen LogP contribution is -1.95. The Morgan fingerprint density at radius 3 is 2.92 bits per heavy atom. The molecule has 0 spiro atoms. The summed E-state index contributed by atoms with van der Waals surface area (Å²) in [6.07, 6.45) is 5.41. The molecule has 6 heteroatoms. The molecular weight excluding hydrogens is 302 g/mol. The van der Waals surface area contributed by atoms with Gasteiger partial charge in [-0.15, -0.1) is 0 Å². The van der Waals surface area contributed by atoms with E-state index in [4.69, 9.17) is 4.42 Å². The molecule has 0 bridgehead atoms. The molecule has 0 saturated carbocycles. The first-order valence-corrected chi connectivity index (χ1v) is 8.02. The van der Waals surface area contributed by atoms with E-state index in [-0.39, 0.29) is 17.5 Å². The highest BCUT2D eigenvalue weighted by Crippen LogP contribution is 2.27. The molecule has 0 atom stereocenters. The number of hydrazone groups is 1. The van der Waals surface area contributed by atoms with Crippen molar-refractivity contribution in [3.8, 4) is 6.07 Å². The van der Waals surface area contributed by atoms with Gasteiger partial charge in [-0.1, -0.05) is 32.0 Å². The van der Waals surface area contributed by atoms with E-state index in [1.54, 1.807) is 6.21 Å². The summed E-state index contributed by atoms with van der Waals surface area (Å²) in [4.78, 5) is 7.45. The van der Waals surface area contributed by atoms with Gasteiger partial charge >= 0.3 is 0 Å². The summed E-state index contributed by atoms with van der Waals surface area (Å²) in [5.41, 5.74) is 5.03. The molecule has 2 aromatic heterocycles. The first-order valence-electron chi connectivity index (χ1n) is 8.02. The Bertz CT molecular complexity index is 896. The van der Waals surface area contributed by atoms with Crippen molar-refractivity contribution >= 4 is 23.0 Å². The van der Waals surface area contributed by atoms with Crippen LogP contribution in [0.25, 0.3) is 10.9 Å². The summed E-state index contributed by atoms with van der Waals surface area (Å²) in [5.74, 6) is 1.09. The van der Waals surface area contributed by atoms with Crippen molar-refractivity contribution in [3.63, 3.8) is 0 Å². The summed E-state index contributed by atoms with van der Waals surface area (Å²) < 4.78 is 5.69. The van der Waals surface area contributed by atoms with Crippen LogP contribution in [0.3, 0.4) is 0 Å². The molecule has 24 heavy (non-hydrogen) atoms. The van der Waals surface area contributed by atoms with Crippen molar-refractivity contribution in [1.82, 2.24) is 9.97 Å². The largest absolute Gasteiger partial charge is 0.422 e. The minimum atomic E-state index is 0.213. The zero-order valence-corrected chi connectivity index (χ0v) is 13.7. The number of aromatic nitrogens is 2. The van der Waals surface area contributed by atoms with E-state index in [2.05, 4.69) is 34.3 Å². The molecule has 3 aromatic rings. The van der Waals surface area contributed by atoms with Crippen LogP contribution in [0.4, 0.5) is 5.88 Å². The number of fused-ring (bicyclic) bond motifs is 1. The highest BCUT2D eigenvalue weighted by Gasteiger charge is 2.18. The zero-order valence-electron chi connectivity index (χ0n) is 13.7. The smallest absolute Gasteiger partial charge is 0.252 e. The molecule has 3 rings (SSSR count). The van der Waals surface area contributed by atoms with E-state index in [9.17, 15) is 5.26 Å². The average Bonchev–Trinajstić information content (AvgIpc) is 3.21. The summed E-state index contributed by atoms with van der Waals surface area (Å²) in [5, 5.41) is 14.5. The van der Waals surface area contributed by atoms with Gasteiger partial charge < -0.3 is 9.40 Å². The molecule has 0 aliphatic rings. The Balaban J connectivity index is 1.80. The quantitative estimate of drug-likeness (QED) is 0.521. The Labute approximate surface area is 140 Å². The van der Waals surface area contributed by atoms with E-state index in [1.807, 2.05) is 36.5 Å². The number of para-hydroxylation sites is 1. The lowest BCUT2D eigenvalue weighted by Gasteiger charge is -2.05. The highest BCUT2D eigenvalue weighted by atomic mass is 16.4. The summed E-state index contributed by atoms with van der Waals surface area (Å²) in [6, 6.07) is 10.0. The maximum absolute atomic E-state index is 9.21. The lowest BCUT2D eigenvalue weighted by molar-refractivity contribution is 0.439. The van der Waals surface area contributed by atoms with Crippen molar-refractivity contribution in [2.75, 3.05) is 5.43 Å². The number of benzene rings is 1. The molecular formula is C18H19N5O. The number of nitrogens with one attached hydrogen (secondary N) is 2. The van der Waals surface area contributed by atoms with Crippen LogP contribution in [0.2, 0.25) is 0 Å². The van der Waals surface area contributed by atoms with E-state index in [0.717, 1.165) is 29.3 Å². The van der Waals surface area contributed by atoms with Crippen LogP contribution in [0.15, 0.2) is 40.0 Å². The molecule has 2 heterocycles. The first-order chi connectivity index (χ1) is 11.8. The van der Waals surface area contributed by atoms with Crippen molar-refractivity contribution in [2.45, 2.75) is 32.6 Å². The van der Waals surface area contributed by atoms with Crippen LogP contribution in [0.5, 0.6) is 0 Å². The van der Waals surface area contributed by atoms with Gasteiger partial charge in [0.15, 0.2) is 0 Å². The minimum Gasteiger partial charge on any atom is -0.422 e. The molecule has 0 radical (unpaired) electrons. The summed E-state index contributed by atoms with van der Waals surface area (Å²) in [7, 11) is 0. The number of H-pyrrole nitrogens is 1. The van der Waals surface area contributed by atoms with Crippen LogP contribution < -0.4 is 5.43 Å². The molecule has 1 aromatic carbocycles. The monoisotopic (exact) mass is 321 g/mol. The van der Waals surface area contributed by atoms with Gasteiger partial charge in [0, 0.05) is 28.6 Å². The normalized spacial score (nSPS) is 11.4. The van der Waals surface area contributed by atoms with Gasteiger partial charge in [-0.05, 0) is 18.9 Å². The summed E-state index contributed by atoms with van der Waals surface area (Å²) in [6.45, 7) is 4.15. The van der Waals surface area contributed by atoms with E-state index in [0.29, 0.717) is 5.89 Å². The second-order valence-corrected chi connectivity index (χ2v) is 5.51. The fourth-order valence-corrected chi connectivity index (χ4v) is 2.66. The van der Waals surface area contributed by atoms with Gasteiger partial charge in [-0.2, -0.15) is 10.4 Å². The Kier molecular flexibility index (Phi) is 4.62. The molecule has 0 amide bonds. The number of nitrogens with zero attached hydrogens (tertiary/aromatic N) is 3. The molecule has 0 fully saturated rings. The van der Waals surface area contributed by atoms with Crippen LogP contribution in [0.1, 0.15) is 49.8 Å². The van der Waals surface area contributed by atoms with Gasteiger partial charge in [-0.25, -0.2) is 10.4 Å². The van der Waals surface area contributed by atoms with Crippen LogP contribution >= 0.6 is 0 Å². The van der Waals surface area contributed by atoms with E-state index in [1.165, 1.54) is 0 Å². The third-order valence-corrected chi connectivity index (χ3v) is 4.08. The third-order valence-electron chi connectivity index (χ3n) is 4.08. The number of rotatable bonds is 6. The molecule has 0 saturated heterocycles. The van der Waals surface area contributed by atoms with Crippen LogP contribution in [0, 0.1) is 11.3 Å². The minimum absolute atomic E-state index is 0.213. The number of anilines is 1. The highest BCUT2D eigenvalue weighted by molar-refractivity contribution is 5.99. The van der Waals surface area contributed by atoms with Crippen molar-refractivity contribution in [2.24, 2.45) is 5.10 Å². The molecule has 0 aliphatic carbocycles. The van der Waals surface area contributed by atoms with Gasteiger partial charge in [0.05, 0.1) is 6.21 Å².